The van der Waals surface area contributed by atoms with Crippen LogP contribution in [0.2, 0.25) is 0 Å². The van der Waals surface area contributed by atoms with Gasteiger partial charge in [-0.3, -0.25) is 9.58 Å². The normalized spacial score (nSPS) is 21.4. The second kappa shape index (κ2) is 5.72. The molecule has 2 atom stereocenters. The van der Waals surface area contributed by atoms with Crippen LogP contribution in [-0.4, -0.2) is 49.1 Å². The number of aryl methyl sites for hydroxylation is 1. The van der Waals surface area contributed by atoms with E-state index in [0.717, 1.165) is 25.2 Å². The van der Waals surface area contributed by atoms with Crippen molar-refractivity contribution in [1.82, 2.24) is 24.8 Å². The van der Waals surface area contributed by atoms with Crippen molar-refractivity contribution in [3.63, 3.8) is 0 Å². The topological polar surface area (TPSA) is 80.2 Å². The molecule has 1 saturated heterocycles. The summed E-state index contributed by atoms with van der Waals surface area (Å²) in [7, 11) is 0. The zero-order chi connectivity index (χ0) is 13.9. The Kier molecular flexibility index (Phi) is 3.79. The maximum absolute atomic E-state index is 10.2. The number of nitrogens with zero attached hydrogens (tertiary/aromatic N) is 5. The molecule has 1 N–H and O–H groups in total. The predicted molar refractivity (Wildman–Crippen MR) is 70.8 cm³/mol. The number of aromatic nitrogens is 4. The van der Waals surface area contributed by atoms with Gasteiger partial charge in [0, 0.05) is 25.9 Å². The minimum Gasteiger partial charge on any atom is -0.390 e. The molecule has 0 bridgehead atoms. The Morgan fingerprint density at radius 2 is 2.40 bits per heavy atom. The molecular weight excluding hydrogens is 258 g/mol. The van der Waals surface area contributed by atoms with Crippen molar-refractivity contribution in [2.45, 2.75) is 38.5 Å². The molecule has 108 valence electrons. The Balaban J connectivity index is 1.61. The lowest BCUT2D eigenvalue weighted by molar-refractivity contribution is 0.0869. The van der Waals surface area contributed by atoms with Gasteiger partial charge in [0.2, 0.25) is 5.89 Å². The molecule has 1 aliphatic heterocycles. The van der Waals surface area contributed by atoms with Crippen molar-refractivity contribution < 1.29 is 9.63 Å². The monoisotopic (exact) mass is 277 g/mol. The van der Waals surface area contributed by atoms with Crippen LogP contribution >= 0.6 is 0 Å². The number of β-amino-alcohol motifs (C(OH)–C–C–N with tert-alkyl or cyclic N) is 1. The van der Waals surface area contributed by atoms with Crippen LogP contribution in [0.25, 0.3) is 0 Å². The maximum Gasteiger partial charge on any atom is 0.223 e. The van der Waals surface area contributed by atoms with Crippen LogP contribution < -0.4 is 0 Å². The number of hydrogen-bond acceptors (Lipinski definition) is 6. The average molecular weight is 277 g/mol. The van der Waals surface area contributed by atoms with Gasteiger partial charge in [0.1, 0.15) is 0 Å². The average Bonchev–Trinajstić information content (AvgIpc) is 3.11. The number of aliphatic hydroxyl groups excluding tert-OH is 1. The van der Waals surface area contributed by atoms with Crippen LogP contribution in [0.3, 0.4) is 0 Å². The highest BCUT2D eigenvalue weighted by atomic mass is 16.5. The molecule has 2 aromatic heterocycles. The van der Waals surface area contributed by atoms with Crippen LogP contribution in [0, 0.1) is 6.92 Å². The van der Waals surface area contributed by atoms with Crippen molar-refractivity contribution in [2.24, 2.45) is 0 Å². The van der Waals surface area contributed by atoms with E-state index in [1.807, 2.05) is 12.3 Å². The summed E-state index contributed by atoms with van der Waals surface area (Å²) in [6.07, 6.45) is 5.21. The fourth-order valence-electron chi connectivity index (χ4n) is 2.74. The summed E-state index contributed by atoms with van der Waals surface area (Å²) in [5.41, 5.74) is 0. The van der Waals surface area contributed by atoms with Gasteiger partial charge in [-0.25, -0.2) is 0 Å². The van der Waals surface area contributed by atoms with E-state index in [9.17, 15) is 5.11 Å². The first kappa shape index (κ1) is 13.3. The molecule has 0 aliphatic carbocycles. The minimum atomic E-state index is -0.455. The van der Waals surface area contributed by atoms with E-state index in [0.29, 0.717) is 19.0 Å². The lowest BCUT2D eigenvalue weighted by Crippen LogP contribution is -2.34. The van der Waals surface area contributed by atoms with Gasteiger partial charge >= 0.3 is 0 Å². The molecule has 3 heterocycles. The van der Waals surface area contributed by atoms with Gasteiger partial charge in [-0.15, -0.1) is 0 Å². The Morgan fingerprint density at radius 1 is 1.50 bits per heavy atom. The van der Waals surface area contributed by atoms with E-state index in [1.165, 1.54) is 0 Å². The van der Waals surface area contributed by atoms with E-state index in [-0.39, 0.29) is 6.04 Å². The first-order valence-corrected chi connectivity index (χ1v) is 6.92. The first-order valence-electron chi connectivity index (χ1n) is 6.92. The van der Waals surface area contributed by atoms with Crippen LogP contribution in [0.5, 0.6) is 0 Å². The van der Waals surface area contributed by atoms with Crippen LogP contribution in [0.15, 0.2) is 23.0 Å². The van der Waals surface area contributed by atoms with E-state index in [2.05, 4.69) is 20.1 Å². The molecular formula is C13H19N5O2. The molecule has 3 rings (SSSR count). The zero-order valence-corrected chi connectivity index (χ0v) is 11.5. The van der Waals surface area contributed by atoms with Crippen molar-refractivity contribution in [3.05, 3.63) is 30.2 Å². The van der Waals surface area contributed by atoms with Crippen molar-refractivity contribution in [2.75, 3.05) is 13.1 Å². The summed E-state index contributed by atoms with van der Waals surface area (Å²) in [5, 5.41) is 18.3. The molecule has 0 saturated carbocycles. The third-order valence-electron chi connectivity index (χ3n) is 3.61. The Labute approximate surface area is 117 Å². The second-order valence-electron chi connectivity index (χ2n) is 5.21. The molecule has 0 spiro atoms. The lowest BCUT2D eigenvalue weighted by Gasteiger charge is -2.24. The molecule has 1 fully saturated rings. The standard InChI is InChI=1S/C13H19N5O2/c1-10-15-13(16-20-10)12-4-2-6-17(12)8-11(19)9-18-7-3-5-14-18/h3,5,7,11-12,19H,2,4,6,8-9H2,1H3. The molecule has 2 unspecified atom stereocenters. The fourth-order valence-corrected chi connectivity index (χ4v) is 2.74. The molecule has 7 nitrogen and oxygen atoms in total. The first-order chi connectivity index (χ1) is 9.72. The van der Waals surface area contributed by atoms with Crippen LogP contribution in [0.4, 0.5) is 0 Å². The second-order valence-corrected chi connectivity index (χ2v) is 5.21. The van der Waals surface area contributed by atoms with Crippen molar-refractivity contribution >= 4 is 0 Å². The van der Waals surface area contributed by atoms with E-state index in [4.69, 9.17) is 4.52 Å². The lowest BCUT2D eigenvalue weighted by atomic mass is 10.2. The molecule has 20 heavy (non-hydrogen) atoms. The summed E-state index contributed by atoms with van der Waals surface area (Å²) in [4.78, 5) is 6.53. The van der Waals surface area contributed by atoms with Crippen LogP contribution in [-0.2, 0) is 6.54 Å². The molecule has 0 radical (unpaired) electrons. The van der Waals surface area contributed by atoms with Crippen molar-refractivity contribution in [3.8, 4) is 0 Å². The summed E-state index contributed by atoms with van der Waals surface area (Å²) < 4.78 is 6.80. The molecule has 2 aromatic rings. The largest absolute Gasteiger partial charge is 0.390 e. The number of hydrogen-bond donors (Lipinski definition) is 1. The summed E-state index contributed by atoms with van der Waals surface area (Å²) in [6.45, 7) is 3.84. The Bertz CT molecular complexity index is 539. The zero-order valence-electron chi connectivity index (χ0n) is 11.5. The number of aliphatic hydroxyl groups is 1. The van der Waals surface area contributed by atoms with E-state index < -0.39 is 6.10 Å². The van der Waals surface area contributed by atoms with Gasteiger partial charge in [0.25, 0.3) is 0 Å². The van der Waals surface area contributed by atoms with Gasteiger partial charge in [0.05, 0.1) is 18.7 Å². The Morgan fingerprint density at radius 3 is 3.10 bits per heavy atom. The number of rotatable bonds is 5. The molecule has 1 aliphatic rings. The van der Waals surface area contributed by atoms with Gasteiger partial charge in [-0.2, -0.15) is 10.1 Å². The smallest absolute Gasteiger partial charge is 0.223 e. The number of likely N-dealkylation sites (tertiary alicyclic amines) is 1. The predicted octanol–water partition coefficient (Wildman–Crippen LogP) is 0.773. The Hall–Kier alpha value is -1.73. The highest BCUT2D eigenvalue weighted by Crippen LogP contribution is 2.30. The fraction of sp³-hybridized carbons (Fsp3) is 0.615. The molecule has 0 aromatic carbocycles. The molecule has 0 amide bonds. The van der Waals surface area contributed by atoms with Gasteiger partial charge in [-0.05, 0) is 25.5 Å². The summed E-state index contributed by atoms with van der Waals surface area (Å²) >= 11 is 0. The molecule has 7 heteroatoms. The van der Waals surface area contributed by atoms with E-state index in [1.54, 1.807) is 17.8 Å². The van der Waals surface area contributed by atoms with Crippen LogP contribution in [0.1, 0.15) is 30.6 Å². The van der Waals surface area contributed by atoms with Gasteiger partial charge in [0.15, 0.2) is 5.82 Å². The van der Waals surface area contributed by atoms with Gasteiger partial charge in [-0.1, -0.05) is 5.16 Å². The third kappa shape index (κ3) is 2.88. The summed E-state index contributed by atoms with van der Waals surface area (Å²) in [5.74, 6) is 1.32. The third-order valence-corrected chi connectivity index (χ3v) is 3.61. The SMILES string of the molecule is Cc1nc(C2CCCN2CC(O)Cn2cccn2)no1. The maximum atomic E-state index is 10.2. The van der Waals surface area contributed by atoms with Gasteiger partial charge < -0.3 is 9.63 Å². The highest BCUT2D eigenvalue weighted by Gasteiger charge is 2.30. The van der Waals surface area contributed by atoms with Crippen molar-refractivity contribution in [1.29, 1.82) is 0 Å². The van der Waals surface area contributed by atoms with E-state index >= 15 is 0 Å². The summed E-state index contributed by atoms with van der Waals surface area (Å²) in [6, 6.07) is 2.01. The minimum absolute atomic E-state index is 0.153. The highest BCUT2D eigenvalue weighted by molar-refractivity contribution is 4.97. The quantitative estimate of drug-likeness (QED) is 0.869.